The van der Waals surface area contributed by atoms with Gasteiger partial charge in [-0.05, 0) is 36.6 Å². The van der Waals surface area contributed by atoms with Gasteiger partial charge >= 0.3 is 0 Å². The number of benzene rings is 2. The Morgan fingerprint density at radius 1 is 1.11 bits per heavy atom. The van der Waals surface area contributed by atoms with E-state index in [0.29, 0.717) is 37.4 Å². The number of hydrogen-bond acceptors (Lipinski definition) is 5. The molecule has 2 aromatic carbocycles. The van der Waals surface area contributed by atoms with Crippen molar-refractivity contribution in [2.24, 2.45) is 0 Å². The topological polar surface area (TPSA) is 72.4 Å². The predicted octanol–water partition coefficient (Wildman–Crippen LogP) is 3.14. The van der Waals surface area contributed by atoms with Crippen molar-refractivity contribution in [2.45, 2.75) is 24.7 Å². The number of piperidine rings is 1. The fraction of sp³-hybridized carbons (Fsp3) is 0.300. The zero-order chi connectivity index (χ0) is 19.6. The van der Waals surface area contributed by atoms with Gasteiger partial charge in [-0.3, -0.25) is 0 Å². The maximum atomic E-state index is 13.3. The monoisotopic (exact) mass is 401 g/mol. The van der Waals surface area contributed by atoms with E-state index in [2.05, 4.69) is 10.2 Å². The molecule has 0 N–H and O–H groups in total. The standard InChI is InChI=1S/C20H20FN3O3S/c21-17-6-3-4-15(12-17)14-28(25,26)24-10-8-18(9-11-24)27-20-19-7-2-1-5-16(19)13-22-23-20/h1-7,12-13,18H,8-11,14H2. The summed E-state index contributed by atoms with van der Waals surface area (Å²) in [5.74, 6) is -0.166. The minimum Gasteiger partial charge on any atom is -0.473 e. The third-order valence-corrected chi connectivity index (χ3v) is 6.70. The van der Waals surface area contributed by atoms with Crippen LogP contribution in [0.4, 0.5) is 4.39 Å². The minimum atomic E-state index is -3.50. The van der Waals surface area contributed by atoms with E-state index < -0.39 is 15.8 Å². The fourth-order valence-corrected chi connectivity index (χ4v) is 4.95. The zero-order valence-electron chi connectivity index (χ0n) is 15.2. The maximum absolute atomic E-state index is 13.3. The number of sulfonamides is 1. The highest BCUT2D eigenvalue weighted by molar-refractivity contribution is 7.88. The van der Waals surface area contributed by atoms with Gasteiger partial charge in [0.1, 0.15) is 11.9 Å². The first kappa shape index (κ1) is 18.8. The van der Waals surface area contributed by atoms with Gasteiger partial charge in [-0.2, -0.15) is 5.10 Å². The van der Waals surface area contributed by atoms with Gasteiger partial charge in [0.2, 0.25) is 15.9 Å². The lowest BCUT2D eigenvalue weighted by molar-refractivity contribution is 0.130. The molecule has 0 atom stereocenters. The number of halogens is 1. The van der Waals surface area contributed by atoms with Gasteiger partial charge < -0.3 is 4.74 Å². The molecular formula is C20H20FN3O3S. The Hall–Kier alpha value is -2.58. The maximum Gasteiger partial charge on any atom is 0.241 e. The van der Waals surface area contributed by atoms with Crippen LogP contribution in [0.15, 0.2) is 54.7 Å². The summed E-state index contributed by atoms with van der Waals surface area (Å²) in [5.41, 5.74) is 0.449. The summed E-state index contributed by atoms with van der Waals surface area (Å²) in [6.07, 6.45) is 2.69. The molecule has 0 amide bonds. The quantitative estimate of drug-likeness (QED) is 0.657. The third kappa shape index (κ3) is 4.13. The summed E-state index contributed by atoms with van der Waals surface area (Å²) < 4.78 is 46.1. The van der Waals surface area contributed by atoms with Crippen LogP contribution < -0.4 is 4.74 Å². The third-order valence-electron chi connectivity index (χ3n) is 4.85. The molecule has 0 aliphatic carbocycles. The summed E-state index contributed by atoms with van der Waals surface area (Å²) in [6, 6.07) is 13.4. The van der Waals surface area contributed by atoms with E-state index in [1.54, 1.807) is 12.3 Å². The summed E-state index contributed by atoms with van der Waals surface area (Å²) >= 11 is 0. The molecule has 28 heavy (non-hydrogen) atoms. The Morgan fingerprint density at radius 3 is 2.68 bits per heavy atom. The van der Waals surface area contributed by atoms with Crippen molar-refractivity contribution in [2.75, 3.05) is 13.1 Å². The van der Waals surface area contributed by atoms with Crippen LogP contribution in [0.5, 0.6) is 5.88 Å². The molecule has 0 saturated carbocycles. The molecule has 1 saturated heterocycles. The van der Waals surface area contributed by atoms with Gasteiger partial charge in [-0.1, -0.05) is 30.3 Å². The summed E-state index contributed by atoms with van der Waals surface area (Å²) in [5, 5.41) is 9.90. The van der Waals surface area contributed by atoms with Crippen LogP contribution in [-0.2, 0) is 15.8 Å². The molecule has 2 heterocycles. The number of ether oxygens (including phenoxy) is 1. The van der Waals surface area contributed by atoms with E-state index in [1.165, 1.54) is 22.5 Å². The lowest BCUT2D eigenvalue weighted by Crippen LogP contribution is -2.42. The highest BCUT2D eigenvalue weighted by Gasteiger charge is 2.29. The fourth-order valence-electron chi connectivity index (χ4n) is 3.40. The Bertz CT molecular complexity index is 1080. The van der Waals surface area contributed by atoms with E-state index in [4.69, 9.17) is 4.74 Å². The number of rotatable bonds is 5. The van der Waals surface area contributed by atoms with Crippen LogP contribution in [0.3, 0.4) is 0 Å². The molecule has 146 valence electrons. The van der Waals surface area contributed by atoms with Gasteiger partial charge in [0, 0.05) is 23.9 Å². The van der Waals surface area contributed by atoms with Crippen molar-refractivity contribution >= 4 is 20.8 Å². The molecule has 8 heteroatoms. The second-order valence-electron chi connectivity index (χ2n) is 6.84. The Kier molecular flexibility index (Phi) is 5.23. The second kappa shape index (κ2) is 7.81. The van der Waals surface area contributed by atoms with Gasteiger partial charge in [-0.15, -0.1) is 5.10 Å². The SMILES string of the molecule is O=S(=O)(Cc1cccc(F)c1)N1CCC(Oc2nncc3ccccc23)CC1. The molecule has 4 rings (SSSR count). The van der Waals surface area contributed by atoms with Crippen molar-refractivity contribution in [3.05, 3.63) is 66.1 Å². The molecule has 6 nitrogen and oxygen atoms in total. The minimum absolute atomic E-state index is 0.124. The molecule has 1 aliphatic heterocycles. The molecule has 1 fully saturated rings. The summed E-state index contributed by atoms with van der Waals surface area (Å²) in [6.45, 7) is 0.723. The van der Waals surface area contributed by atoms with Gasteiger partial charge in [0.05, 0.1) is 11.9 Å². The lowest BCUT2D eigenvalue weighted by atomic mass is 10.1. The van der Waals surface area contributed by atoms with Crippen LogP contribution in [-0.4, -0.2) is 42.1 Å². The molecule has 1 aromatic heterocycles. The first-order valence-corrected chi connectivity index (χ1v) is 10.7. The predicted molar refractivity (Wildman–Crippen MR) is 104 cm³/mol. The zero-order valence-corrected chi connectivity index (χ0v) is 16.0. The van der Waals surface area contributed by atoms with Gasteiger partial charge in [-0.25, -0.2) is 17.1 Å². The first-order chi connectivity index (χ1) is 13.5. The highest BCUT2D eigenvalue weighted by atomic mass is 32.2. The second-order valence-corrected chi connectivity index (χ2v) is 8.81. The number of hydrogen-bond donors (Lipinski definition) is 0. The van der Waals surface area contributed by atoms with Crippen LogP contribution >= 0.6 is 0 Å². The molecule has 0 unspecified atom stereocenters. The van der Waals surface area contributed by atoms with Gasteiger partial charge in [0.15, 0.2) is 0 Å². The first-order valence-electron chi connectivity index (χ1n) is 9.11. The number of fused-ring (bicyclic) bond motifs is 1. The molecular weight excluding hydrogens is 381 g/mol. The Labute approximate surface area is 163 Å². The molecule has 0 spiro atoms. The van der Waals surface area contributed by atoms with E-state index in [1.807, 2.05) is 24.3 Å². The molecule has 1 aliphatic rings. The largest absolute Gasteiger partial charge is 0.473 e. The van der Waals surface area contributed by atoms with Crippen LogP contribution in [0.25, 0.3) is 10.8 Å². The van der Waals surface area contributed by atoms with E-state index in [-0.39, 0.29) is 11.9 Å². The van der Waals surface area contributed by atoms with Crippen LogP contribution in [0, 0.1) is 5.82 Å². The Morgan fingerprint density at radius 2 is 1.89 bits per heavy atom. The summed E-state index contributed by atoms with van der Waals surface area (Å²) in [4.78, 5) is 0. The van der Waals surface area contributed by atoms with Crippen molar-refractivity contribution < 1.29 is 17.5 Å². The van der Waals surface area contributed by atoms with Crippen LogP contribution in [0.1, 0.15) is 18.4 Å². The molecule has 0 radical (unpaired) electrons. The summed E-state index contributed by atoms with van der Waals surface area (Å²) in [7, 11) is -3.50. The number of nitrogens with zero attached hydrogens (tertiary/aromatic N) is 3. The van der Waals surface area contributed by atoms with E-state index in [9.17, 15) is 12.8 Å². The smallest absolute Gasteiger partial charge is 0.241 e. The Balaban J connectivity index is 1.40. The average Bonchev–Trinajstić information content (AvgIpc) is 2.68. The normalized spacial score (nSPS) is 16.3. The van der Waals surface area contributed by atoms with E-state index in [0.717, 1.165) is 10.8 Å². The highest BCUT2D eigenvalue weighted by Crippen LogP contribution is 2.26. The van der Waals surface area contributed by atoms with Crippen LogP contribution in [0.2, 0.25) is 0 Å². The molecule has 0 bridgehead atoms. The van der Waals surface area contributed by atoms with E-state index >= 15 is 0 Å². The van der Waals surface area contributed by atoms with Crippen molar-refractivity contribution in [3.63, 3.8) is 0 Å². The average molecular weight is 401 g/mol. The number of aromatic nitrogens is 2. The van der Waals surface area contributed by atoms with Crippen molar-refractivity contribution in [1.29, 1.82) is 0 Å². The van der Waals surface area contributed by atoms with Crippen molar-refractivity contribution in [1.82, 2.24) is 14.5 Å². The van der Waals surface area contributed by atoms with Crippen molar-refractivity contribution in [3.8, 4) is 5.88 Å². The lowest BCUT2D eigenvalue weighted by Gasteiger charge is -2.31. The molecule has 3 aromatic rings. The van der Waals surface area contributed by atoms with Gasteiger partial charge in [0.25, 0.3) is 0 Å².